The molecule has 0 spiro atoms. The van der Waals surface area contributed by atoms with Gasteiger partial charge in [-0.3, -0.25) is 0 Å². The maximum Gasteiger partial charge on any atom is 0.573 e. The molecule has 0 aliphatic carbocycles. The average Bonchev–Trinajstić information content (AvgIpc) is 1.96. The summed E-state index contributed by atoms with van der Waals surface area (Å²) in [5.41, 5.74) is 4.13. The lowest BCUT2D eigenvalue weighted by Gasteiger charge is -2.09. The van der Waals surface area contributed by atoms with Gasteiger partial charge in [0.15, 0.2) is 11.6 Å². The van der Waals surface area contributed by atoms with Gasteiger partial charge in [-0.05, 0) is 0 Å². The standard InChI is InChI=1S/C7H4F5NO/c8-4-1-3(14-7(10,11)12)2-5(13)6(4)9/h1-2H,13H2. The van der Waals surface area contributed by atoms with Gasteiger partial charge in [0.05, 0.1) is 5.69 Å². The van der Waals surface area contributed by atoms with Crippen LogP contribution in [0.3, 0.4) is 0 Å². The highest BCUT2D eigenvalue weighted by Gasteiger charge is 2.31. The Balaban J connectivity index is 3.02. The molecule has 1 aromatic rings. The lowest BCUT2D eigenvalue weighted by molar-refractivity contribution is -0.274. The zero-order valence-corrected chi connectivity index (χ0v) is 6.53. The summed E-state index contributed by atoms with van der Waals surface area (Å²) in [5.74, 6) is -3.79. The number of rotatable bonds is 1. The van der Waals surface area contributed by atoms with Gasteiger partial charge in [-0.25, -0.2) is 8.78 Å². The zero-order chi connectivity index (χ0) is 10.9. The van der Waals surface area contributed by atoms with Gasteiger partial charge in [-0.2, -0.15) is 0 Å². The number of hydrogen-bond acceptors (Lipinski definition) is 2. The summed E-state index contributed by atoms with van der Waals surface area (Å²) in [6, 6.07) is 0.811. The highest BCUT2D eigenvalue weighted by molar-refractivity contribution is 5.46. The average molecular weight is 213 g/mol. The molecule has 78 valence electrons. The van der Waals surface area contributed by atoms with Crippen LogP contribution in [0.4, 0.5) is 27.6 Å². The third-order valence-electron chi connectivity index (χ3n) is 1.26. The number of alkyl halides is 3. The van der Waals surface area contributed by atoms with Crippen LogP contribution in [-0.4, -0.2) is 6.36 Å². The van der Waals surface area contributed by atoms with Crippen molar-refractivity contribution in [2.75, 3.05) is 5.73 Å². The summed E-state index contributed by atoms with van der Waals surface area (Å²) >= 11 is 0. The summed E-state index contributed by atoms with van der Waals surface area (Å²) in [7, 11) is 0. The first-order valence-electron chi connectivity index (χ1n) is 3.30. The van der Waals surface area contributed by atoms with Gasteiger partial charge in [-0.15, -0.1) is 13.2 Å². The molecule has 7 heteroatoms. The van der Waals surface area contributed by atoms with Gasteiger partial charge in [0, 0.05) is 12.1 Å². The van der Waals surface area contributed by atoms with E-state index in [1.165, 1.54) is 0 Å². The predicted octanol–water partition coefficient (Wildman–Crippen LogP) is 2.45. The third-order valence-corrected chi connectivity index (χ3v) is 1.26. The second-order valence-electron chi connectivity index (χ2n) is 2.36. The molecule has 14 heavy (non-hydrogen) atoms. The Hall–Kier alpha value is -1.53. The van der Waals surface area contributed by atoms with E-state index in [0.29, 0.717) is 6.07 Å². The number of nitrogens with two attached hydrogens (primary N) is 1. The molecule has 0 unspecified atom stereocenters. The Morgan fingerprint density at radius 3 is 2.14 bits per heavy atom. The van der Waals surface area contributed by atoms with Crippen LogP contribution in [0.1, 0.15) is 0 Å². The van der Waals surface area contributed by atoms with Crippen molar-refractivity contribution in [3.05, 3.63) is 23.8 Å². The van der Waals surface area contributed by atoms with Gasteiger partial charge in [0.25, 0.3) is 0 Å². The van der Waals surface area contributed by atoms with Crippen LogP contribution in [0.5, 0.6) is 5.75 Å². The van der Waals surface area contributed by atoms with Crippen molar-refractivity contribution >= 4 is 5.69 Å². The molecular formula is C7H4F5NO. The van der Waals surface area contributed by atoms with Crippen LogP contribution >= 0.6 is 0 Å². The minimum Gasteiger partial charge on any atom is -0.406 e. The number of nitrogen functional groups attached to an aromatic ring is 1. The minimum atomic E-state index is -4.96. The fourth-order valence-corrected chi connectivity index (χ4v) is 0.777. The Labute approximate surface area is 75.1 Å². The molecule has 0 aliphatic rings. The number of halogens is 5. The predicted molar refractivity (Wildman–Crippen MR) is 37.5 cm³/mol. The zero-order valence-electron chi connectivity index (χ0n) is 6.53. The van der Waals surface area contributed by atoms with E-state index in [4.69, 9.17) is 5.73 Å². The molecule has 0 saturated heterocycles. The molecule has 0 aliphatic heterocycles. The van der Waals surface area contributed by atoms with Crippen molar-refractivity contribution in [3.8, 4) is 5.75 Å². The summed E-state index contributed by atoms with van der Waals surface area (Å²) in [6.07, 6.45) is -4.96. The molecule has 1 aromatic carbocycles. The Morgan fingerprint density at radius 2 is 1.71 bits per heavy atom. The van der Waals surface area contributed by atoms with Crippen molar-refractivity contribution in [3.63, 3.8) is 0 Å². The van der Waals surface area contributed by atoms with Crippen molar-refractivity contribution in [2.45, 2.75) is 6.36 Å². The lowest BCUT2D eigenvalue weighted by Crippen LogP contribution is -2.17. The molecular weight excluding hydrogens is 209 g/mol. The number of benzene rings is 1. The summed E-state index contributed by atoms with van der Waals surface area (Å²) < 4.78 is 63.2. The first-order chi connectivity index (χ1) is 6.29. The quantitative estimate of drug-likeness (QED) is 0.574. The Kier molecular flexibility index (Phi) is 2.50. The SMILES string of the molecule is Nc1cc(OC(F)(F)F)cc(F)c1F. The molecule has 0 atom stereocenters. The van der Waals surface area contributed by atoms with Crippen molar-refractivity contribution in [2.24, 2.45) is 0 Å². The highest BCUT2D eigenvalue weighted by Crippen LogP contribution is 2.27. The van der Waals surface area contributed by atoms with E-state index in [1.54, 1.807) is 0 Å². The minimum absolute atomic E-state index is 0.263. The number of ether oxygens (including phenoxy) is 1. The van der Waals surface area contributed by atoms with E-state index in [1.807, 2.05) is 0 Å². The maximum absolute atomic E-state index is 12.5. The van der Waals surface area contributed by atoms with E-state index in [2.05, 4.69) is 4.74 Å². The van der Waals surface area contributed by atoms with Gasteiger partial charge in [0.2, 0.25) is 0 Å². The second kappa shape index (κ2) is 3.32. The molecule has 0 amide bonds. The molecule has 0 heterocycles. The van der Waals surface area contributed by atoms with E-state index in [-0.39, 0.29) is 6.07 Å². The molecule has 2 nitrogen and oxygen atoms in total. The van der Waals surface area contributed by atoms with Crippen LogP contribution in [0.25, 0.3) is 0 Å². The van der Waals surface area contributed by atoms with Gasteiger partial charge in [0.1, 0.15) is 5.75 Å². The van der Waals surface area contributed by atoms with E-state index >= 15 is 0 Å². The highest BCUT2D eigenvalue weighted by atomic mass is 19.4. The molecule has 2 N–H and O–H groups in total. The van der Waals surface area contributed by atoms with Crippen LogP contribution in [-0.2, 0) is 0 Å². The van der Waals surface area contributed by atoms with Crippen LogP contribution < -0.4 is 10.5 Å². The smallest absolute Gasteiger partial charge is 0.406 e. The Morgan fingerprint density at radius 1 is 1.14 bits per heavy atom. The topological polar surface area (TPSA) is 35.2 Å². The maximum atomic E-state index is 12.5. The fourth-order valence-electron chi connectivity index (χ4n) is 0.777. The van der Waals surface area contributed by atoms with E-state index in [9.17, 15) is 22.0 Å². The molecule has 0 bridgehead atoms. The molecule has 1 rings (SSSR count). The van der Waals surface area contributed by atoms with E-state index < -0.39 is 29.4 Å². The second-order valence-corrected chi connectivity index (χ2v) is 2.36. The van der Waals surface area contributed by atoms with E-state index in [0.717, 1.165) is 0 Å². The normalized spacial score (nSPS) is 11.5. The molecule has 0 radical (unpaired) electrons. The number of anilines is 1. The first kappa shape index (κ1) is 10.6. The fraction of sp³-hybridized carbons (Fsp3) is 0.143. The van der Waals surface area contributed by atoms with Crippen LogP contribution in [0.2, 0.25) is 0 Å². The monoisotopic (exact) mass is 213 g/mol. The molecule has 0 fully saturated rings. The molecule has 0 saturated carbocycles. The lowest BCUT2D eigenvalue weighted by atomic mass is 10.3. The molecule has 0 aromatic heterocycles. The van der Waals surface area contributed by atoms with Gasteiger partial charge in [-0.1, -0.05) is 0 Å². The first-order valence-corrected chi connectivity index (χ1v) is 3.30. The number of hydrogen-bond donors (Lipinski definition) is 1. The Bertz CT molecular complexity index is 325. The van der Waals surface area contributed by atoms with Gasteiger partial charge >= 0.3 is 6.36 Å². The largest absolute Gasteiger partial charge is 0.573 e. The van der Waals surface area contributed by atoms with Crippen molar-refractivity contribution in [1.82, 2.24) is 0 Å². The summed E-state index contributed by atoms with van der Waals surface area (Å²) in [4.78, 5) is 0. The third kappa shape index (κ3) is 2.48. The summed E-state index contributed by atoms with van der Waals surface area (Å²) in [5, 5.41) is 0. The van der Waals surface area contributed by atoms with Gasteiger partial charge < -0.3 is 10.5 Å². The van der Waals surface area contributed by atoms with Crippen molar-refractivity contribution < 1.29 is 26.7 Å². The van der Waals surface area contributed by atoms with Crippen molar-refractivity contribution in [1.29, 1.82) is 0 Å². The van der Waals surface area contributed by atoms with Crippen LogP contribution in [0, 0.1) is 11.6 Å². The summed E-state index contributed by atoms with van der Waals surface area (Å²) in [6.45, 7) is 0. The van der Waals surface area contributed by atoms with Crippen LogP contribution in [0.15, 0.2) is 12.1 Å².